The Bertz CT molecular complexity index is 241. The summed E-state index contributed by atoms with van der Waals surface area (Å²) < 4.78 is 5.37. The molecule has 0 aromatic rings. The molecule has 0 spiro atoms. The molecule has 0 aliphatic heterocycles. The smallest absolute Gasteiger partial charge is 0.104 e. The van der Waals surface area contributed by atoms with Crippen molar-refractivity contribution in [3.05, 3.63) is 23.6 Å². The van der Waals surface area contributed by atoms with Gasteiger partial charge in [-0.15, -0.1) is 0 Å². The number of ether oxygens (including phenoxy) is 1. The van der Waals surface area contributed by atoms with Crippen molar-refractivity contribution in [2.45, 2.75) is 19.8 Å². The van der Waals surface area contributed by atoms with Crippen molar-refractivity contribution in [3.63, 3.8) is 0 Å². The summed E-state index contributed by atoms with van der Waals surface area (Å²) in [5.74, 6) is 0.807. The van der Waals surface area contributed by atoms with E-state index in [9.17, 15) is 0 Å². The van der Waals surface area contributed by atoms with Crippen molar-refractivity contribution in [2.24, 2.45) is 5.73 Å². The van der Waals surface area contributed by atoms with Crippen molar-refractivity contribution < 1.29 is 4.74 Å². The Morgan fingerprint density at radius 2 is 2.33 bits per heavy atom. The van der Waals surface area contributed by atoms with Gasteiger partial charge in [-0.25, -0.2) is 0 Å². The molecular weight excluding hydrogens is 152 g/mol. The van der Waals surface area contributed by atoms with Crippen LogP contribution in [0.1, 0.15) is 19.8 Å². The second kappa shape index (κ2) is 3.95. The van der Waals surface area contributed by atoms with Crippen LogP contribution in [0, 0.1) is 5.41 Å². The van der Waals surface area contributed by atoms with Crippen LogP contribution in [0.3, 0.4) is 0 Å². The van der Waals surface area contributed by atoms with Crippen molar-refractivity contribution in [1.82, 2.24) is 0 Å². The molecule has 0 fully saturated rings. The first-order chi connectivity index (χ1) is 5.72. The number of allylic oxidation sites excluding steroid dienone is 2. The second-order valence-electron chi connectivity index (χ2n) is 2.81. The molecule has 0 bridgehead atoms. The van der Waals surface area contributed by atoms with Crippen LogP contribution in [0.2, 0.25) is 0 Å². The van der Waals surface area contributed by atoms with Gasteiger partial charge in [0.15, 0.2) is 0 Å². The predicted octanol–water partition coefficient (Wildman–Crippen LogP) is 1.56. The molecule has 1 aliphatic carbocycles. The Labute approximate surface area is 72.4 Å². The third-order valence-corrected chi connectivity index (χ3v) is 1.53. The Kier molecular flexibility index (Phi) is 2.91. The van der Waals surface area contributed by atoms with E-state index in [1.54, 1.807) is 12.2 Å². The minimum absolute atomic E-state index is 0.421. The van der Waals surface area contributed by atoms with E-state index in [1.807, 2.05) is 6.92 Å². The Hall–Kier alpha value is -1.25. The standard InChI is InChI=1S/C9H14N2O/c1-2-3-12-9-5-7(10)4-8(11)6-9/h4-5,10H,2-3,6,11H2,1H3. The third kappa shape index (κ3) is 2.42. The van der Waals surface area contributed by atoms with E-state index in [4.69, 9.17) is 15.9 Å². The van der Waals surface area contributed by atoms with E-state index in [2.05, 4.69) is 0 Å². The van der Waals surface area contributed by atoms with E-state index in [0.717, 1.165) is 12.2 Å². The van der Waals surface area contributed by atoms with Gasteiger partial charge in [-0.3, -0.25) is 0 Å². The summed E-state index contributed by atoms with van der Waals surface area (Å²) in [6, 6.07) is 0. The third-order valence-electron chi connectivity index (χ3n) is 1.53. The van der Waals surface area contributed by atoms with Gasteiger partial charge in [-0.2, -0.15) is 0 Å². The average molecular weight is 166 g/mol. The summed E-state index contributed by atoms with van der Waals surface area (Å²) in [4.78, 5) is 0. The molecule has 1 aliphatic rings. The lowest BCUT2D eigenvalue weighted by molar-refractivity contribution is 0.206. The fourth-order valence-electron chi connectivity index (χ4n) is 1.04. The van der Waals surface area contributed by atoms with Crippen LogP contribution in [-0.4, -0.2) is 12.3 Å². The minimum atomic E-state index is 0.421. The highest BCUT2D eigenvalue weighted by atomic mass is 16.5. The molecule has 0 unspecified atom stereocenters. The number of nitrogens with one attached hydrogen (secondary N) is 1. The van der Waals surface area contributed by atoms with Crippen LogP contribution in [0.4, 0.5) is 0 Å². The molecule has 3 nitrogen and oxygen atoms in total. The molecule has 66 valence electrons. The first-order valence-electron chi connectivity index (χ1n) is 4.10. The van der Waals surface area contributed by atoms with E-state index >= 15 is 0 Å². The molecule has 0 amide bonds. The van der Waals surface area contributed by atoms with E-state index in [1.165, 1.54) is 0 Å². The lowest BCUT2D eigenvalue weighted by Gasteiger charge is -2.13. The number of hydrogen-bond acceptors (Lipinski definition) is 3. The normalized spacial score (nSPS) is 16.9. The number of hydrogen-bond donors (Lipinski definition) is 2. The molecule has 0 saturated heterocycles. The van der Waals surface area contributed by atoms with Crippen molar-refractivity contribution >= 4 is 5.71 Å². The van der Waals surface area contributed by atoms with E-state index < -0.39 is 0 Å². The molecule has 1 rings (SSSR count). The maximum atomic E-state index is 7.37. The highest BCUT2D eigenvalue weighted by Crippen LogP contribution is 2.14. The first-order valence-corrected chi connectivity index (χ1v) is 4.10. The van der Waals surface area contributed by atoms with Gasteiger partial charge < -0.3 is 15.9 Å². The zero-order valence-corrected chi connectivity index (χ0v) is 7.26. The van der Waals surface area contributed by atoms with Crippen LogP contribution in [0.25, 0.3) is 0 Å². The highest BCUT2D eigenvalue weighted by molar-refractivity contribution is 6.03. The summed E-state index contributed by atoms with van der Waals surface area (Å²) >= 11 is 0. The summed E-state index contributed by atoms with van der Waals surface area (Å²) in [7, 11) is 0. The largest absolute Gasteiger partial charge is 0.497 e. The van der Waals surface area contributed by atoms with Gasteiger partial charge in [0.05, 0.1) is 12.3 Å². The number of nitrogens with two attached hydrogens (primary N) is 1. The van der Waals surface area contributed by atoms with Gasteiger partial charge in [0.25, 0.3) is 0 Å². The maximum Gasteiger partial charge on any atom is 0.104 e. The highest BCUT2D eigenvalue weighted by Gasteiger charge is 2.07. The molecule has 3 N–H and O–H groups in total. The predicted molar refractivity (Wildman–Crippen MR) is 48.9 cm³/mol. The summed E-state index contributed by atoms with van der Waals surface area (Å²) in [5.41, 5.74) is 6.71. The molecule has 0 saturated carbocycles. The maximum absolute atomic E-state index is 7.37. The molecule has 0 aromatic heterocycles. The first kappa shape index (κ1) is 8.84. The van der Waals surface area contributed by atoms with E-state index in [-0.39, 0.29) is 0 Å². The monoisotopic (exact) mass is 166 g/mol. The van der Waals surface area contributed by atoms with Crippen LogP contribution < -0.4 is 5.73 Å². The minimum Gasteiger partial charge on any atom is -0.497 e. The van der Waals surface area contributed by atoms with Gasteiger partial charge in [-0.1, -0.05) is 6.92 Å². The van der Waals surface area contributed by atoms with Crippen molar-refractivity contribution in [3.8, 4) is 0 Å². The van der Waals surface area contributed by atoms with Crippen LogP contribution in [0.5, 0.6) is 0 Å². The van der Waals surface area contributed by atoms with Crippen LogP contribution in [-0.2, 0) is 4.74 Å². The van der Waals surface area contributed by atoms with Gasteiger partial charge in [0, 0.05) is 18.2 Å². The average Bonchev–Trinajstić information content (AvgIpc) is 1.99. The summed E-state index contributed by atoms with van der Waals surface area (Å²) in [5, 5.41) is 7.37. The Morgan fingerprint density at radius 3 is 2.92 bits per heavy atom. The van der Waals surface area contributed by atoms with Gasteiger partial charge in [0.2, 0.25) is 0 Å². The molecule has 12 heavy (non-hydrogen) atoms. The summed E-state index contributed by atoms with van der Waals surface area (Å²) in [6.07, 6.45) is 4.99. The van der Waals surface area contributed by atoms with Crippen LogP contribution in [0.15, 0.2) is 23.6 Å². The molecule has 0 atom stereocenters. The topological polar surface area (TPSA) is 59.1 Å². The zero-order chi connectivity index (χ0) is 8.97. The molecular formula is C9H14N2O. The molecule has 3 heteroatoms. The lowest BCUT2D eigenvalue weighted by atomic mass is 10.1. The fourth-order valence-corrected chi connectivity index (χ4v) is 1.04. The number of rotatable bonds is 3. The second-order valence-corrected chi connectivity index (χ2v) is 2.81. The lowest BCUT2D eigenvalue weighted by Crippen LogP contribution is -2.10. The molecule has 0 radical (unpaired) electrons. The van der Waals surface area contributed by atoms with Crippen LogP contribution >= 0.6 is 0 Å². The molecule has 0 aromatic carbocycles. The Morgan fingerprint density at radius 1 is 1.58 bits per heavy atom. The van der Waals surface area contributed by atoms with Gasteiger partial charge in [0.1, 0.15) is 5.76 Å². The zero-order valence-electron chi connectivity index (χ0n) is 7.26. The van der Waals surface area contributed by atoms with Gasteiger partial charge in [-0.05, 0) is 12.5 Å². The SMILES string of the molecule is CCCOC1=CC(=N)C=C(N)C1. The van der Waals surface area contributed by atoms with Crippen molar-refractivity contribution in [2.75, 3.05) is 6.61 Å². The van der Waals surface area contributed by atoms with Gasteiger partial charge >= 0.3 is 0 Å². The van der Waals surface area contributed by atoms with Crippen molar-refractivity contribution in [1.29, 1.82) is 5.41 Å². The molecule has 0 heterocycles. The summed E-state index contributed by atoms with van der Waals surface area (Å²) in [6.45, 7) is 2.75. The quantitative estimate of drug-likeness (QED) is 0.668. The fraction of sp³-hybridized carbons (Fsp3) is 0.444. The Balaban J connectivity index is 2.51. The van der Waals surface area contributed by atoms with E-state index in [0.29, 0.717) is 24.4 Å².